The molecule has 16 heavy (non-hydrogen) atoms. The van der Waals surface area contributed by atoms with Gasteiger partial charge in [-0.3, -0.25) is 4.79 Å². The van der Waals surface area contributed by atoms with Crippen molar-refractivity contribution in [2.24, 2.45) is 10.8 Å². The van der Waals surface area contributed by atoms with Crippen LogP contribution in [0.15, 0.2) is 0 Å². The predicted molar refractivity (Wildman–Crippen MR) is 78.9 cm³/mol. The van der Waals surface area contributed by atoms with Crippen molar-refractivity contribution < 1.29 is 4.79 Å². The third kappa shape index (κ3) is 12.0. The lowest BCUT2D eigenvalue weighted by Gasteiger charge is -2.30. The lowest BCUT2D eigenvalue weighted by molar-refractivity contribution is -0.130. The quantitative estimate of drug-likeness (QED) is 0.743. The summed E-state index contributed by atoms with van der Waals surface area (Å²) >= 11 is 0. The number of hydrogen-bond acceptors (Lipinski definition) is 1. The molecule has 0 saturated heterocycles. The van der Waals surface area contributed by atoms with E-state index in [1.54, 1.807) is 7.05 Å². The first-order valence-electron chi connectivity index (χ1n) is 5.99. The van der Waals surface area contributed by atoms with Crippen molar-refractivity contribution in [2.75, 3.05) is 13.7 Å². The van der Waals surface area contributed by atoms with Gasteiger partial charge in [-0.15, -0.1) is 9.24 Å². The molecule has 0 aliphatic heterocycles. The van der Waals surface area contributed by atoms with E-state index in [1.165, 1.54) is 0 Å². The first-order chi connectivity index (χ1) is 7.19. The summed E-state index contributed by atoms with van der Waals surface area (Å²) < 4.78 is 0. The van der Waals surface area contributed by atoms with Gasteiger partial charge in [0.05, 0.1) is 0 Å². The topological polar surface area (TPSA) is 29.1 Å². The van der Waals surface area contributed by atoms with Crippen molar-refractivity contribution in [1.29, 1.82) is 0 Å². The zero-order valence-electron chi connectivity index (χ0n) is 12.7. The first-order valence-corrected chi connectivity index (χ1v) is 7.14. The van der Waals surface area contributed by atoms with Crippen LogP contribution >= 0.6 is 9.24 Å². The molecule has 100 valence electrons. The minimum absolute atomic E-state index is 0.123. The van der Waals surface area contributed by atoms with Gasteiger partial charge in [0, 0.05) is 12.5 Å². The third-order valence-electron chi connectivity index (χ3n) is 1.81. The molecule has 0 bridgehead atoms. The summed E-state index contributed by atoms with van der Waals surface area (Å²) in [4.78, 5) is 11.4. The Hall–Kier alpha value is -0.100. The Morgan fingerprint density at radius 3 is 1.56 bits per heavy atom. The van der Waals surface area contributed by atoms with Crippen LogP contribution in [-0.4, -0.2) is 19.6 Å². The van der Waals surface area contributed by atoms with E-state index in [2.05, 4.69) is 35.3 Å². The van der Waals surface area contributed by atoms with Crippen molar-refractivity contribution >= 4 is 15.1 Å². The van der Waals surface area contributed by atoms with Gasteiger partial charge in [0.25, 0.3) is 0 Å². The van der Waals surface area contributed by atoms with Crippen LogP contribution in [0, 0.1) is 10.8 Å². The normalized spacial score (nSPS) is 10.4. The molecule has 1 atom stereocenters. The van der Waals surface area contributed by atoms with E-state index in [0.717, 1.165) is 6.42 Å². The summed E-state index contributed by atoms with van der Waals surface area (Å²) in [6.45, 7) is 16.3. The molecule has 1 amide bonds. The maximum absolute atomic E-state index is 11.4. The molecule has 0 rings (SSSR count). The molecule has 0 heterocycles. The molecule has 0 saturated carbocycles. The van der Waals surface area contributed by atoms with E-state index in [1.807, 2.05) is 34.4 Å². The molecule has 0 radical (unpaired) electrons. The second-order valence-electron chi connectivity index (χ2n) is 5.20. The standard InChI is InChI=1S/C10H21NO.C2H6.CH5P/c1-9(2,3)7-10(4,5)8(12)11-6;2*1-2/h7H2,1-6H3,(H,11,12);1-2H3;2H2,1H3. The number of carbonyl (C=O) groups is 1. The fraction of sp³-hybridized carbons (Fsp3) is 0.923. The molecule has 0 aliphatic rings. The number of carbonyl (C=O) groups excluding carboxylic acids is 1. The van der Waals surface area contributed by atoms with Crippen molar-refractivity contribution in [3.63, 3.8) is 0 Å². The summed E-state index contributed by atoms with van der Waals surface area (Å²) in [5, 5.41) is 2.69. The third-order valence-corrected chi connectivity index (χ3v) is 1.81. The number of hydrogen-bond donors (Lipinski definition) is 1. The van der Waals surface area contributed by atoms with Crippen molar-refractivity contribution in [1.82, 2.24) is 5.32 Å². The highest BCUT2D eigenvalue weighted by Crippen LogP contribution is 2.32. The van der Waals surface area contributed by atoms with Gasteiger partial charge in [0.1, 0.15) is 0 Å². The minimum Gasteiger partial charge on any atom is -0.359 e. The zero-order chi connectivity index (χ0) is 14.0. The van der Waals surface area contributed by atoms with Crippen LogP contribution in [0.2, 0.25) is 0 Å². The van der Waals surface area contributed by atoms with Gasteiger partial charge in [-0.25, -0.2) is 0 Å². The van der Waals surface area contributed by atoms with Gasteiger partial charge in [-0.1, -0.05) is 55.1 Å². The highest BCUT2D eigenvalue weighted by Gasteiger charge is 2.31. The van der Waals surface area contributed by atoms with Gasteiger partial charge < -0.3 is 5.32 Å². The van der Waals surface area contributed by atoms with Gasteiger partial charge in [-0.05, 0) is 11.8 Å². The number of nitrogens with one attached hydrogen (secondary N) is 1. The van der Waals surface area contributed by atoms with E-state index in [9.17, 15) is 4.79 Å². The maximum Gasteiger partial charge on any atom is 0.225 e. The highest BCUT2D eigenvalue weighted by atomic mass is 31.0. The molecule has 0 aromatic carbocycles. The maximum atomic E-state index is 11.4. The van der Waals surface area contributed by atoms with Crippen LogP contribution in [0.5, 0.6) is 0 Å². The molecule has 0 spiro atoms. The summed E-state index contributed by atoms with van der Waals surface area (Å²) in [5.74, 6) is 0.123. The zero-order valence-corrected chi connectivity index (χ0v) is 13.8. The summed E-state index contributed by atoms with van der Waals surface area (Å²) in [6, 6.07) is 0. The molecule has 0 aromatic rings. The summed E-state index contributed by atoms with van der Waals surface area (Å²) in [5.41, 5.74) is -0.0526. The van der Waals surface area contributed by atoms with Crippen LogP contribution in [0.1, 0.15) is 54.9 Å². The minimum atomic E-state index is -0.257. The Morgan fingerprint density at radius 2 is 1.38 bits per heavy atom. The molecule has 1 N–H and O–H groups in total. The second-order valence-corrected chi connectivity index (χ2v) is 5.20. The Morgan fingerprint density at radius 1 is 1.06 bits per heavy atom. The van der Waals surface area contributed by atoms with Gasteiger partial charge in [0.2, 0.25) is 5.91 Å². The monoisotopic (exact) mass is 249 g/mol. The Labute approximate surface area is 105 Å². The van der Waals surface area contributed by atoms with Gasteiger partial charge in [-0.2, -0.15) is 0 Å². The van der Waals surface area contributed by atoms with Crippen LogP contribution in [-0.2, 0) is 4.79 Å². The van der Waals surface area contributed by atoms with E-state index in [4.69, 9.17) is 0 Å². The second kappa shape index (κ2) is 10.1. The number of amides is 1. The SMILES string of the molecule is CC.CNC(=O)C(C)(C)CC(C)(C)C.CP. The predicted octanol–water partition coefficient (Wildman–Crippen LogP) is 3.71. The van der Waals surface area contributed by atoms with E-state index >= 15 is 0 Å². The van der Waals surface area contributed by atoms with Crippen LogP contribution < -0.4 is 5.32 Å². The smallest absolute Gasteiger partial charge is 0.225 e. The van der Waals surface area contributed by atoms with E-state index < -0.39 is 0 Å². The molecule has 0 fully saturated rings. The van der Waals surface area contributed by atoms with E-state index in [-0.39, 0.29) is 16.7 Å². The molecule has 1 unspecified atom stereocenters. The fourth-order valence-electron chi connectivity index (χ4n) is 1.74. The Balaban J connectivity index is -0.000000376. The largest absolute Gasteiger partial charge is 0.359 e. The summed E-state index contributed by atoms with van der Waals surface area (Å²) in [7, 11) is 4.10. The highest BCUT2D eigenvalue weighted by molar-refractivity contribution is 7.15. The molecule has 2 nitrogen and oxygen atoms in total. The van der Waals surface area contributed by atoms with E-state index in [0.29, 0.717) is 0 Å². The van der Waals surface area contributed by atoms with Crippen LogP contribution in [0.3, 0.4) is 0 Å². The van der Waals surface area contributed by atoms with Gasteiger partial charge >= 0.3 is 0 Å². The summed E-state index contributed by atoms with van der Waals surface area (Å²) in [6.07, 6.45) is 0.902. The molecule has 0 aromatic heterocycles. The Bertz CT molecular complexity index is 171. The van der Waals surface area contributed by atoms with Crippen molar-refractivity contribution in [3.05, 3.63) is 0 Å². The lowest BCUT2D eigenvalue weighted by atomic mass is 9.76. The molecule has 3 heteroatoms. The van der Waals surface area contributed by atoms with Gasteiger partial charge in [0.15, 0.2) is 0 Å². The average Bonchev–Trinajstić information content (AvgIpc) is 2.19. The Kier molecular flexibility index (Phi) is 13.4. The first kappa shape index (κ1) is 21.2. The van der Waals surface area contributed by atoms with Crippen LogP contribution in [0.4, 0.5) is 0 Å². The molecular weight excluding hydrogens is 217 g/mol. The van der Waals surface area contributed by atoms with Crippen molar-refractivity contribution in [3.8, 4) is 0 Å². The number of rotatable bonds is 2. The lowest BCUT2D eigenvalue weighted by Crippen LogP contribution is -2.37. The average molecular weight is 249 g/mol. The van der Waals surface area contributed by atoms with Crippen LogP contribution in [0.25, 0.3) is 0 Å². The molecular formula is C13H32NOP. The fourth-order valence-corrected chi connectivity index (χ4v) is 1.74. The molecule has 0 aliphatic carbocycles. The van der Waals surface area contributed by atoms with Crippen molar-refractivity contribution in [2.45, 2.75) is 54.9 Å².